The first-order chi connectivity index (χ1) is 22.3. The SMILES string of the molecule is C=C(C)c1ccccc1.C=C(N=C(C)c1cccc2c1-c1c(-c3ccccc3)oc(-c3ccccc3)c1C2(C)C)c1ccccc1. The number of aliphatic imine (C=N–C) groups is 1. The van der Waals surface area contributed by atoms with E-state index < -0.39 is 0 Å². The first kappa shape index (κ1) is 30.6. The van der Waals surface area contributed by atoms with E-state index >= 15 is 0 Å². The summed E-state index contributed by atoms with van der Waals surface area (Å²) < 4.78 is 6.78. The molecule has 0 amide bonds. The fraction of sp³-hybridized carbons (Fsp3) is 0.114. The second-order valence-electron chi connectivity index (χ2n) is 12.3. The van der Waals surface area contributed by atoms with Crippen molar-refractivity contribution in [2.75, 3.05) is 0 Å². The molecule has 0 saturated carbocycles. The molecular weight excluding hydrogens is 558 g/mol. The topological polar surface area (TPSA) is 25.5 Å². The van der Waals surface area contributed by atoms with Crippen molar-refractivity contribution in [3.05, 3.63) is 181 Å². The summed E-state index contributed by atoms with van der Waals surface area (Å²) in [6.45, 7) is 16.8. The van der Waals surface area contributed by atoms with Crippen LogP contribution in [0.25, 0.3) is 45.0 Å². The van der Waals surface area contributed by atoms with E-state index in [1.165, 1.54) is 27.8 Å². The summed E-state index contributed by atoms with van der Waals surface area (Å²) in [6.07, 6.45) is 0. The molecule has 0 bridgehead atoms. The Labute approximate surface area is 273 Å². The van der Waals surface area contributed by atoms with Crippen LogP contribution >= 0.6 is 0 Å². The zero-order chi connectivity index (χ0) is 32.3. The molecule has 5 aromatic carbocycles. The van der Waals surface area contributed by atoms with Crippen molar-refractivity contribution in [3.8, 4) is 33.8 Å². The van der Waals surface area contributed by atoms with Crippen LogP contribution in [0.5, 0.6) is 0 Å². The highest BCUT2D eigenvalue weighted by Crippen LogP contribution is 2.58. The Morgan fingerprint density at radius 2 is 1.07 bits per heavy atom. The molecule has 0 radical (unpaired) electrons. The van der Waals surface area contributed by atoms with Crippen LogP contribution in [0.1, 0.15) is 55.5 Å². The van der Waals surface area contributed by atoms with Gasteiger partial charge in [0.1, 0.15) is 11.5 Å². The number of fused-ring (bicyclic) bond motifs is 3. The van der Waals surface area contributed by atoms with E-state index in [0.29, 0.717) is 0 Å². The van der Waals surface area contributed by atoms with Crippen molar-refractivity contribution in [1.29, 1.82) is 0 Å². The standard InChI is InChI=1S/C35H29NO.C9H10/c1-23(25-15-8-5-9-16-25)36-24(2)28-21-14-22-29-30(28)31-32(35(29,3)4)34(27-19-12-7-13-20-27)37-33(31)26-17-10-6-11-18-26;1-8(2)9-6-4-3-5-7-9/h5-22H,1H2,2-4H3;3-7H,1H2,2H3. The summed E-state index contributed by atoms with van der Waals surface area (Å²) in [6, 6.07) is 47.7. The second kappa shape index (κ2) is 12.9. The largest absolute Gasteiger partial charge is 0.455 e. The van der Waals surface area contributed by atoms with Gasteiger partial charge in [-0.05, 0) is 36.1 Å². The van der Waals surface area contributed by atoms with Crippen LogP contribution in [0.3, 0.4) is 0 Å². The highest BCUT2D eigenvalue weighted by molar-refractivity contribution is 6.10. The fourth-order valence-corrected chi connectivity index (χ4v) is 6.31. The third-order valence-corrected chi connectivity index (χ3v) is 8.66. The molecule has 0 N–H and O–H groups in total. The molecule has 46 heavy (non-hydrogen) atoms. The Hall–Kier alpha value is -5.47. The lowest BCUT2D eigenvalue weighted by molar-refractivity contribution is 0.575. The van der Waals surface area contributed by atoms with Crippen LogP contribution in [-0.4, -0.2) is 5.71 Å². The molecule has 0 aliphatic heterocycles. The minimum atomic E-state index is -0.237. The van der Waals surface area contributed by atoms with Crippen LogP contribution in [0, 0.1) is 0 Å². The molecular formula is C44H39NO. The van der Waals surface area contributed by atoms with Gasteiger partial charge in [-0.3, -0.25) is 4.99 Å². The molecule has 0 atom stereocenters. The van der Waals surface area contributed by atoms with Gasteiger partial charge in [0.25, 0.3) is 0 Å². The summed E-state index contributed by atoms with van der Waals surface area (Å²) in [5.74, 6) is 1.84. The average Bonchev–Trinajstić information content (AvgIpc) is 3.61. The minimum Gasteiger partial charge on any atom is -0.455 e. The van der Waals surface area contributed by atoms with Gasteiger partial charge in [0.15, 0.2) is 0 Å². The lowest BCUT2D eigenvalue weighted by Crippen LogP contribution is -2.16. The van der Waals surface area contributed by atoms with Crippen molar-refractivity contribution < 1.29 is 4.42 Å². The van der Waals surface area contributed by atoms with Crippen LogP contribution in [0.15, 0.2) is 162 Å². The summed E-state index contributed by atoms with van der Waals surface area (Å²) >= 11 is 0. The van der Waals surface area contributed by atoms with Crippen LogP contribution < -0.4 is 0 Å². The summed E-state index contributed by atoms with van der Waals surface area (Å²) in [7, 11) is 0. The number of benzene rings is 5. The van der Waals surface area contributed by atoms with Gasteiger partial charge in [-0.1, -0.05) is 172 Å². The van der Waals surface area contributed by atoms with Gasteiger partial charge in [-0.25, -0.2) is 0 Å². The smallest absolute Gasteiger partial charge is 0.142 e. The number of furan rings is 1. The van der Waals surface area contributed by atoms with Crippen LogP contribution in [-0.2, 0) is 5.41 Å². The molecule has 1 aliphatic rings. The summed E-state index contributed by atoms with van der Waals surface area (Å²) in [5, 5.41) is 0. The monoisotopic (exact) mass is 597 g/mol. The number of hydrogen-bond donors (Lipinski definition) is 0. The Morgan fingerprint density at radius 1 is 0.565 bits per heavy atom. The molecule has 6 aromatic rings. The van der Waals surface area contributed by atoms with E-state index in [-0.39, 0.29) is 5.41 Å². The molecule has 2 heteroatoms. The van der Waals surface area contributed by atoms with E-state index in [9.17, 15) is 0 Å². The molecule has 1 aromatic heterocycles. The molecule has 2 nitrogen and oxygen atoms in total. The molecule has 0 saturated heterocycles. The van der Waals surface area contributed by atoms with Crippen molar-refractivity contribution >= 4 is 17.0 Å². The quantitative estimate of drug-likeness (QED) is 0.175. The van der Waals surface area contributed by atoms with Crippen molar-refractivity contribution in [2.45, 2.75) is 33.1 Å². The van der Waals surface area contributed by atoms with Gasteiger partial charge >= 0.3 is 0 Å². The molecule has 1 heterocycles. The predicted molar refractivity (Wildman–Crippen MR) is 196 cm³/mol. The number of nitrogens with zero attached hydrogens (tertiary/aromatic N) is 1. The summed E-state index contributed by atoms with van der Waals surface area (Å²) in [4.78, 5) is 4.97. The molecule has 226 valence electrons. The maximum Gasteiger partial charge on any atom is 0.142 e. The Kier molecular flexibility index (Phi) is 8.55. The van der Waals surface area contributed by atoms with Gasteiger partial charge < -0.3 is 4.42 Å². The highest BCUT2D eigenvalue weighted by atomic mass is 16.3. The maximum atomic E-state index is 6.78. The normalized spacial score (nSPS) is 12.8. The predicted octanol–water partition coefficient (Wildman–Crippen LogP) is 12.1. The maximum absolute atomic E-state index is 6.78. The van der Waals surface area contributed by atoms with E-state index in [2.05, 4.69) is 113 Å². The van der Waals surface area contributed by atoms with E-state index in [0.717, 1.165) is 50.8 Å². The Balaban J connectivity index is 0.000000358. The molecule has 7 rings (SSSR count). The number of allylic oxidation sites excluding steroid dienone is 1. The van der Waals surface area contributed by atoms with Crippen LogP contribution in [0.4, 0.5) is 0 Å². The zero-order valence-corrected chi connectivity index (χ0v) is 27.0. The molecule has 1 aliphatic carbocycles. The van der Waals surface area contributed by atoms with Gasteiger partial charge in [-0.2, -0.15) is 0 Å². The second-order valence-corrected chi connectivity index (χ2v) is 12.3. The van der Waals surface area contributed by atoms with E-state index in [1.807, 2.05) is 67.6 Å². The van der Waals surface area contributed by atoms with Crippen molar-refractivity contribution in [2.24, 2.45) is 4.99 Å². The molecule has 0 fully saturated rings. The van der Waals surface area contributed by atoms with Gasteiger partial charge in [0, 0.05) is 38.9 Å². The highest BCUT2D eigenvalue weighted by Gasteiger charge is 2.44. The number of hydrogen-bond acceptors (Lipinski definition) is 2. The lowest BCUT2D eigenvalue weighted by Gasteiger charge is -2.22. The summed E-state index contributed by atoms with van der Waals surface area (Å²) in [5.41, 5.74) is 13.0. The first-order valence-corrected chi connectivity index (χ1v) is 15.7. The lowest BCUT2D eigenvalue weighted by atomic mass is 9.81. The molecule has 0 unspecified atom stereocenters. The average molecular weight is 598 g/mol. The third kappa shape index (κ3) is 5.82. The van der Waals surface area contributed by atoms with Gasteiger partial charge in [0.05, 0.1) is 5.70 Å². The fourth-order valence-electron chi connectivity index (χ4n) is 6.31. The first-order valence-electron chi connectivity index (χ1n) is 15.7. The third-order valence-electron chi connectivity index (χ3n) is 8.66. The van der Waals surface area contributed by atoms with Crippen LogP contribution in [0.2, 0.25) is 0 Å². The Morgan fingerprint density at radius 3 is 1.59 bits per heavy atom. The number of rotatable bonds is 6. The zero-order valence-electron chi connectivity index (χ0n) is 27.0. The van der Waals surface area contributed by atoms with Gasteiger partial charge in [0.2, 0.25) is 0 Å². The van der Waals surface area contributed by atoms with E-state index in [4.69, 9.17) is 9.41 Å². The Bertz CT molecular complexity index is 2030. The van der Waals surface area contributed by atoms with Crippen molar-refractivity contribution in [1.82, 2.24) is 0 Å². The van der Waals surface area contributed by atoms with Gasteiger partial charge in [-0.15, -0.1) is 0 Å². The van der Waals surface area contributed by atoms with Crippen molar-refractivity contribution in [3.63, 3.8) is 0 Å². The van der Waals surface area contributed by atoms with E-state index in [1.54, 1.807) is 0 Å². The minimum absolute atomic E-state index is 0.237. The molecule has 0 spiro atoms.